The summed E-state index contributed by atoms with van der Waals surface area (Å²) in [6.45, 7) is 0.899. The summed E-state index contributed by atoms with van der Waals surface area (Å²) in [5, 5.41) is 7.15. The van der Waals surface area contributed by atoms with Gasteiger partial charge in [-0.3, -0.25) is 4.79 Å². The van der Waals surface area contributed by atoms with Crippen LogP contribution >= 0.6 is 56.9 Å². The van der Waals surface area contributed by atoms with E-state index < -0.39 is 0 Å². The molecular formula is C25H34I2N6O3P2. The molecule has 0 saturated heterocycles. The van der Waals surface area contributed by atoms with Crippen LogP contribution in [0.5, 0.6) is 5.75 Å². The summed E-state index contributed by atoms with van der Waals surface area (Å²) >= 11 is 4.46. The lowest BCUT2D eigenvalue weighted by molar-refractivity contribution is -0.127. The van der Waals surface area contributed by atoms with Crippen LogP contribution in [0.15, 0.2) is 36.7 Å². The first-order valence-electron chi connectivity index (χ1n) is 13.0. The number of ether oxygens (including phenoxy) is 1. The van der Waals surface area contributed by atoms with Gasteiger partial charge >= 0.3 is 0 Å². The van der Waals surface area contributed by atoms with E-state index >= 15 is 0 Å². The number of nitrogens with one attached hydrogen (secondary N) is 3. The van der Waals surface area contributed by atoms with Crippen molar-refractivity contribution in [3.8, 4) is 5.75 Å². The Balaban J connectivity index is 1.27. The van der Waals surface area contributed by atoms with Crippen molar-refractivity contribution in [1.82, 2.24) is 19.8 Å². The molecule has 38 heavy (non-hydrogen) atoms. The lowest BCUT2D eigenvalue weighted by Crippen LogP contribution is -2.23. The smallest absolute Gasteiger partial charge is 0.243 e. The number of rotatable bonds is 15. The van der Waals surface area contributed by atoms with Gasteiger partial charge in [0, 0.05) is 30.6 Å². The number of anilines is 3. The van der Waals surface area contributed by atoms with Gasteiger partial charge in [-0.05, 0) is 94.0 Å². The van der Waals surface area contributed by atoms with E-state index in [1.54, 1.807) is 0 Å². The second-order valence-electron chi connectivity index (χ2n) is 9.27. The Labute approximate surface area is 253 Å². The molecule has 1 fully saturated rings. The van der Waals surface area contributed by atoms with Crippen molar-refractivity contribution < 1.29 is 14.2 Å². The number of hydrogen-bond donors (Lipinski definition) is 3. The number of aromatic nitrogens is 3. The van der Waals surface area contributed by atoms with Crippen LogP contribution < -0.4 is 20.9 Å². The summed E-state index contributed by atoms with van der Waals surface area (Å²) < 4.78 is 13.0. The lowest BCUT2D eigenvalue weighted by Gasteiger charge is -2.23. The first-order chi connectivity index (χ1) is 18.7. The number of hydrogen-bond acceptors (Lipinski definition) is 7. The van der Waals surface area contributed by atoms with Gasteiger partial charge in [-0.25, -0.2) is 20.1 Å². The SMILES string of the molecule is O=C(CCCCCCOc1ccc(Nc2cc3c(ncn3PI)c(NC3CCCCC3)n2)cc1)NOPI. The van der Waals surface area contributed by atoms with Gasteiger partial charge in [0.1, 0.15) is 23.5 Å². The van der Waals surface area contributed by atoms with Crippen LogP contribution in [0.1, 0.15) is 64.2 Å². The van der Waals surface area contributed by atoms with E-state index in [9.17, 15) is 4.79 Å². The molecular weight excluding hydrogens is 748 g/mol. The number of pyridine rings is 1. The molecule has 206 valence electrons. The number of halogens is 2. The van der Waals surface area contributed by atoms with E-state index in [1.807, 2.05) is 30.6 Å². The molecule has 2 aromatic heterocycles. The fourth-order valence-electron chi connectivity index (χ4n) is 4.53. The average Bonchev–Trinajstić information content (AvgIpc) is 3.36. The van der Waals surface area contributed by atoms with Crippen LogP contribution in [-0.2, 0) is 9.42 Å². The highest BCUT2D eigenvalue weighted by atomic mass is 127. The van der Waals surface area contributed by atoms with Crippen molar-refractivity contribution in [3.05, 3.63) is 36.7 Å². The molecule has 1 amide bonds. The fraction of sp³-hybridized carbons (Fsp3) is 0.480. The third-order valence-corrected chi connectivity index (χ3v) is 9.41. The molecule has 0 radical (unpaired) electrons. The monoisotopic (exact) mass is 782 g/mol. The number of imidazole rings is 1. The molecule has 13 heteroatoms. The molecule has 3 aromatic rings. The van der Waals surface area contributed by atoms with Gasteiger partial charge in [0.2, 0.25) is 5.91 Å². The Morgan fingerprint density at radius 2 is 1.87 bits per heavy atom. The Morgan fingerprint density at radius 3 is 2.63 bits per heavy atom. The Hall–Kier alpha value is -1.01. The summed E-state index contributed by atoms with van der Waals surface area (Å²) in [6, 6.07) is 10.5. The number of benzene rings is 1. The highest BCUT2D eigenvalue weighted by Gasteiger charge is 2.18. The number of hydroxylamine groups is 1. The van der Waals surface area contributed by atoms with Gasteiger partial charge in [0.25, 0.3) is 0 Å². The summed E-state index contributed by atoms with van der Waals surface area (Å²) in [6.07, 6.45) is 13.0. The van der Waals surface area contributed by atoms with Gasteiger partial charge in [0.15, 0.2) is 5.82 Å². The van der Waals surface area contributed by atoms with E-state index in [4.69, 9.17) is 14.3 Å². The first kappa shape index (κ1) is 30.0. The zero-order chi connectivity index (χ0) is 26.6. The second-order valence-corrected chi connectivity index (χ2v) is 13.0. The van der Waals surface area contributed by atoms with Crippen LogP contribution in [0, 0.1) is 0 Å². The van der Waals surface area contributed by atoms with Crippen LogP contribution in [0.3, 0.4) is 0 Å². The Kier molecular flexibility index (Phi) is 12.9. The molecule has 1 aliphatic carbocycles. The minimum Gasteiger partial charge on any atom is -0.494 e. The van der Waals surface area contributed by atoms with E-state index in [2.05, 4.69) is 75.6 Å². The zero-order valence-electron chi connectivity index (χ0n) is 21.1. The zero-order valence-corrected chi connectivity index (χ0v) is 27.5. The number of fused-ring (bicyclic) bond motifs is 1. The number of nitrogens with zero attached hydrogens (tertiary/aromatic N) is 3. The van der Waals surface area contributed by atoms with Crippen LogP contribution in [0.2, 0.25) is 0 Å². The molecule has 2 heterocycles. The van der Waals surface area contributed by atoms with E-state index in [0.717, 1.165) is 59.8 Å². The maximum absolute atomic E-state index is 11.5. The third-order valence-electron chi connectivity index (χ3n) is 6.47. The van der Waals surface area contributed by atoms with Crippen molar-refractivity contribution in [1.29, 1.82) is 0 Å². The van der Waals surface area contributed by atoms with Crippen molar-refractivity contribution >= 4 is 91.2 Å². The van der Waals surface area contributed by atoms with Crippen LogP contribution in [-0.4, -0.2) is 32.9 Å². The molecule has 0 aliphatic heterocycles. The van der Waals surface area contributed by atoms with Gasteiger partial charge in [-0.1, -0.05) is 32.1 Å². The maximum atomic E-state index is 11.5. The molecule has 2 atom stereocenters. The normalized spacial score (nSPS) is 14.6. The summed E-state index contributed by atoms with van der Waals surface area (Å²) in [7, 11) is 0. The molecule has 1 aromatic carbocycles. The van der Waals surface area contributed by atoms with Gasteiger partial charge in [-0.15, -0.1) is 0 Å². The summed E-state index contributed by atoms with van der Waals surface area (Å²) in [5.74, 6) is 2.46. The van der Waals surface area contributed by atoms with Crippen molar-refractivity contribution in [3.63, 3.8) is 0 Å². The predicted octanol–water partition coefficient (Wildman–Crippen LogP) is 8.03. The van der Waals surface area contributed by atoms with Gasteiger partial charge in [0.05, 0.1) is 18.5 Å². The standard InChI is InChI=1S/C25H34I2N6O3P2/c26-37-33-17-28-24-21(33)16-22(31-25(24)30-18-8-4-3-5-9-18)29-19-11-13-20(14-12-19)35-15-7-2-1-6-10-23(34)32-36-38-27/h11-14,16-18,37-38H,1-10,15H2,(H,32,34)(H2,29,30,31). The van der Waals surface area contributed by atoms with Gasteiger partial charge in [-0.2, -0.15) is 0 Å². The molecule has 2 unspecified atom stereocenters. The Bertz CT molecular complexity index is 1160. The summed E-state index contributed by atoms with van der Waals surface area (Å²) in [5.41, 5.74) is 5.41. The molecule has 4 rings (SSSR count). The van der Waals surface area contributed by atoms with E-state index in [-0.39, 0.29) is 12.4 Å². The number of carbonyl (C=O) groups excluding carboxylic acids is 1. The van der Waals surface area contributed by atoms with Crippen molar-refractivity contribution in [2.24, 2.45) is 0 Å². The number of carbonyl (C=O) groups is 1. The average molecular weight is 782 g/mol. The number of unbranched alkanes of at least 4 members (excludes halogenated alkanes) is 3. The van der Waals surface area contributed by atoms with Crippen molar-refractivity contribution in [2.75, 3.05) is 17.2 Å². The van der Waals surface area contributed by atoms with Crippen LogP contribution in [0.25, 0.3) is 11.0 Å². The highest BCUT2D eigenvalue weighted by molar-refractivity contribution is 14.2. The predicted molar refractivity (Wildman–Crippen MR) is 176 cm³/mol. The van der Waals surface area contributed by atoms with E-state index in [0.29, 0.717) is 25.4 Å². The molecule has 0 bridgehead atoms. The quantitative estimate of drug-likeness (QED) is 0.0622. The second kappa shape index (κ2) is 16.3. The fourth-order valence-corrected chi connectivity index (χ4v) is 6.53. The van der Waals surface area contributed by atoms with Crippen molar-refractivity contribution in [2.45, 2.75) is 70.3 Å². The molecule has 0 spiro atoms. The highest BCUT2D eigenvalue weighted by Crippen LogP contribution is 2.34. The molecule has 1 aliphatic rings. The third kappa shape index (κ3) is 9.28. The first-order valence-corrected chi connectivity index (χ1v) is 21.1. The number of amides is 1. The lowest BCUT2D eigenvalue weighted by atomic mass is 9.95. The molecule has 9 nitrogen and oxygen atoms in total. The maximum Gasteiger partial charge on any atom is 0.243 e. The largest absolute Gasteiger partial charge is 0.494 e. The molecule has 1 saturated carbocycles. The van der Waals surface area contributed by atoms with Crippen LogP contribution in [0.4, 0.5) is 17.3 Å². The minimum absolute atomic E-state index is 0.0538. The van der Waals surface area contributed by atoms with Gasteiger partial charge < -0.3 is 19.7 Å². The minimum atomic E-state index is -0.0538. The molecule has 3 N–H and O–H groups in total. The topological polar surface area (TPSA) is 102 Å². The van der Waals surface area contributed by atoms with E-state index in [1.165, 1.54) is 32.1 Å². The summed E-state index contributed by atoms with van der Waals surface area (Å²) in [4.78, 5) is 21.1. The Morgan fingerprint density at radius 1 is 1.08 bits per heavy atom.